The van der Waals surface area contributed by atoms with Crippen LogP contribution in [0.5, 0.6) is 0 Å². The first-order chi connectivity index (χ1) is 7.61. The maximum atomic E-state index is 13.6. The summed E-state index contributed by atoms with van der Waals surface area (Å²) in [5.41, 5.74) is 0.0930. The van der Waals surface area contributed by atoms with Crippen molar-refractivity contribution in [2.24, 2.45) is 5.92 Å². The second-order valence-corrected chi connectivity index (χ2v) is 4.11. The van der Waals surface area contributed by atoms with Crippen molar-refractivity contribution in [3.8, 4) is 0 Å². The van der Waals surface area contributed by atoms with Gasteiger partial charge in [-0.25, -0.2) is 8.78 Å². The second kappa shape index (κ2) is 4.29. The molecule has 0 bridgehead atoms. The van der Waals surface area contributed by atoms with Crippen LogP contribution in [-0.2, 0) is 0 Å². The van der Waals surface area contributed by atoms with Gasteiger partial charge in [0.1, 0.15) is 0 Å². The van der Waals surface area contributed by atoms with Gasteiger partial charge >= 0.3 is 0 Å². The zero-order valence-corrected chi connectivity index (χ0v) is 9.02. The summed E-state index contributed by atoms with van der Waals surface area (Å²) >= 11 is 0. The van der Waals surface area contributed by atoms with Crippen molar-refractivity contribution in [1.82, 2.24) is 5.32 Å². The topological polar surface area (TPSA) is 29.1 Å². The van der Waals surface area contributed by atoms with Gasteiger partial charge in [-0.1, -0.05) is 6.07 Å². The van der Waals surface area contributed by atoms with Crippen LogP contribution in [0.2, 0.25) is 0 Å². The average molecular weight is 225 g/mol. The Balaban J connectivity index is 2.33. The van der Waals surface area contributed by atoms with Crippen LogP contribution in [0.1, 0.15) is 22.3 Å². The Morgan fingerprint density at radius 2 is 2.12 bits per heavy atom. The van der Waals surface area contributed by atoms with Crippen LogP contribution in [-0.4, -0.2) is 18.9 Å². The van der Waals surface area contributed by atoms with Crippen molar-refractivity contribution in [1.29, 1.82) is 0 Å². The van der Waals surface area contributed by atoms with E-state index in [2.05, 4.69) is 5.32 Å². The van der Waals surface area contributed by atoms with Crippen LogP contribution in [0.4, 0.5) is 8.78 Å². The molecule has 0 amide bonds. The Hall–Kier alpha value is -1.29. The maximum absolute atomic E-state index is 13.6. The lowest BCUT2D eigenvalue weighted by Gasteiger charge is -2.09. The number of carbonyl (C=O) groups excluding carboxylic acids is 1. The number of Topliss-reactive ketones (excluding diaryl/α,β-unsaturated/α-hetero) is 1. The van der Waals surface area contributed by atoms with Gasteiger partial charge in [0.15, 0.2) is 17.4 Å². The molecule has 1 atom stereocenters. The number of ketones is 1. The minimum Gasteiger partial charge on any atom is -0.316 e. The highest BCUT2D eigenvalue weighted by Crippen LogP contribution is 2.21. The molecule has 0 spiro atoms. The summed E-state index contributed by atoms with van der Waals surface area (Å²) in [7, 11) is 0. The third kappa shape index (κ3) is 1.85. The lowest BCUT2D eigenvalue weighted by molar-refractivity contribution is 0.0925. The molecule has 1 aliphatic heterocycles. The zero-order chi connectivity index (χ0) is 11.7. The van der Waals surface area contributed by atoms with Crippen LogP contribution in [0, 0.1) is 24.5 Å². The van der Waals surface area contributed by atoms with Crippen molar-refractivity contribution in [2.75, 3.05) is 13.1 Å². The Morgan fingerprint density at radius 1 is 1.38 bits per heavy atom. The van der Waals surface area contributed by atoms with Crippen molar-refractivity contribution in [3.05, 3.63) is 34.9 Å². The molecule has 0 saturated carbocycles. The van der Waals surface area contributed by atoms with Crippen LogP contribution >= 0.6 is 0 Å². The van der Waals surface area contributed by atoms with Crippen molar-refractivity contribution >= 4 is 5.78 Å². The van der Waals surface area contributed by atoms with Crippen LogP contribution < -0.4 is 5.32 Å². The van der Waals surface area contributed by atoms with Crippen LogP contribution in [0.3, 0.4) is 0 Å². The van der Waals surface area contributed by atoms with E-state index in [0.717, 1.165) is 6.54 Å². The van der Waals surface area contributed by atoms with Gasteiger partial charge in [-0.05, 0) is 31.5 Å². The largest absolute Gasteiger partial charge is 0.316 e. The summed E-state index contributed by atoms with van der Waals surface area (Å²) in [4.78, 5) is 11.9. The number of aryl methyl sites for hydroxylation is 1. The fraction of sp³-hybridized carbons (Fsp3) is 0.417. The highest BCUT2D eigenvalue weighted by molar-refractivity contribution is 5.98. The van der Waals surface area contributed by atoms with E-state index in [1.54, 1.807) is 0 Å². The molecular weight excluding hydrogens is 212 g/mol. The third-order valence-electron chi connectivity index (χ3n) is 2.97. The van der Waals surface area contributed by atoms with Crippen molar-refractivity contribution in [3.63, 3.8) is 0 Å². The lowest BCUT2D eigenvalue weighted by atomic mass is 9.95. The molecule has 4 heteroatoms. The molecule has 0 aromatic heterocycles. The summed E-state index contributed by atoms with van der Waals surface area (Å²) in [6, 6.07) is 2.81. The first-order valence-electron chi connectivity index (χ1n) is 5.31. The Kier molecular flexibility index (Phi) is 3.01. The van der Waals surface area contributed by atoms with Gasteiger partial charge in [0.25, 0.3) is 0 Å². The zero-order valence-electron chi connectivity index (χ0n) is 9.02. The molecule has 1 heterocycles. The van der Waals surface area contributed by atoms with Crippen molar-refractivity contribution in [2.45, 2.75) is 13.3 Å². The monoisotopic (exact) mass is 225 g/mol. The van der Waals surface area contributed by atoms with E-state index < -0.39 is 11.6 Å². The molecule has 0 radical (unpaired) electrons. The number of hydrogen-bond donors (Lipinski definition) is 1. The second-order valence-electron chi connectivity index (χ2n) is 4.11. The quantitative estimate of drug-likeness (QED) is 0.781. The standard InChI is InChI=1S/C12H13F2NO/c1-7-2-3-9(11(14)10(7)13)12(16)8-4-5-15-6-8/h2-3,8,15H,4-6H2,1H3. The van der Waals surface area contributed by atoms with Gasteiger partial charge in [0.05, 0.1) is 5.56 Å². The van der Waals surface area contributed by atoms with E-state index in [0.29, 0.717) is 13.0 Å². The fourth-order valence-corrected chi connectivity index (χ4v) is 1.93. The third-order valence-corrected chi connectivity index (χ3v) is 2.97. The Morgan fingerprint density at radius 3 is 2.75 bits per heavy atom. The average Bonchev–Trinajstić information content (AvgIpc) is 2.79. The van der Waals surface area contributed by atoms with E-state index in [9.17, 15) is 13.6 Å². The van der Waals surface area contributed by atoms with Gasteiger partial charge in [0, 0.05) is 12.5 Å². The maximum Gasteiger partial charge on any atom is 0.170 e. The van der Waals surface area contributed by atoms with E-state index in [4.69, 9.17) is 0 Å². The number of halogens is 2. The summed E-state index contributed by atoms with van der Waals surface area (Å²) in [6.45, 7) is 2.78. The minimum atomic E-state index is -1.02. The van der Waals surface area contributed by atoms with Crippen molar-refractivity contribution < 1.29 is 13.6 Å². The molecule has 1 aromatic rings. The molecule has 2 nitrogen and oxygen atoms in total. The number of hydrogen-bond acceptors (Lipinski definition) is 2. The van der Waals surface area contributed by atoms with E-state index >= 15 is 0 Å². The first-order valence-corrected chi connectivity index (χ1v) is 5.31. The molecular formula is C12H13F2NO. The number of rotatable bonds is 2. The van der Waals surface area contributed by atoms with E-state index in [1.807, 2.05) is 0 Å². The molecule has 86 valence electrons. The van der Waals surface area contributed by atoms with Gasteiger partial charge in [-0.3, -0.25) is 4.79 Å². The highest BCUT2D eigenvalue weighted by Gasteiger charge is 2.27. The minimum absolute atomic E-state index is 0.128. The smallest absolute Gasteiger partial charge is 0.170 e. The number of nitrogens with one attached hydrogen (secondary N) is 1. The Labute approximate surface area is 92.7 Å². The van der Waals surface area contributed by atoms with Crippen LogP contribution in [0.25, 0.3) is 0 Å². The summed E-state index contributed by atoms with van der Waals surface area (Å²) < 4.78 is 26.8. The molecule has 1 fully saturated rings. The van der Waals surface area contributed by atoms with Gasteiger partial charge in [0.2, 0.25) is 0 Å². The molecule has 0 aliphatic carbocycles. The predicted molar refractivity (Wildman–Crippen MR) is 56.4 cm³/mol. The molecule has 2 rings (SSSR count). The molecule has 16 heavy (non-hydrogen) atoms. The van der Waals surface area contributed by atoms with Gasteiger partial charge in [-0.2, -0.15) is 0 Å². The van der Waals surface area contributed by atoms with E-state index in [1.165, 1.54) is 19.1 Å². The SMILES string of the molecule is Cc1ccc(C(=O)C2CCNC2)c(F)c1F. The molecule has 1 N–H and O–H groups in total. The lowest BCUT2D eigenvalue weighted by Crippen LogP contribution is -2.19. The summed E-state index contributed by atoms with van der Waals surface area (Å²) in [5.74, 6) is -2.47. The normalized spacial score (nSPS) is 20.1. The fourth-order valence-electron chi connectivity index (χ4n) is 1.93. The molecule has 1 saturated heterocycles. The number of carbonyl (C=O) groups is 1. The Bertz CT molecular complexity index is 425. The molecule has 1 aliphatic rings. The van der Waals surface area contributed by atoms with E-state index in [-0.39, 0.29) is 22.8 Å². The number of benzene rings is 1. The highest BCUT2D eigenvalue weighted by atomic mass is 19.2. The summed E-state index contributed by atoms with van der Waals surface area (Å²) in [6.07, 6.45) is 0.688. The summed E-state index contributed by atoms with van der Waals surface area (Å²) in [5, 5.41) is 3.03. The van der Waals surface area contributed by atoms with Gasteiger partial charge < -0.3 is 5.32 Å². The van der Waals surface area contributed by atoms with Crippen LogP contribution in [0.15, 0.2) is 12.1 Å². The van der Waals surface area contributed by atoms with Gasteiger partial charge in [-0.15, -0.1) is 0 Å². The first kappa shape index (κ1) is 11.2. The molecule has 1 unspecified atom stereocenters. The molecule has 1 aromatic carbocycles. The predicted octanol–water partition coefficient (Wildman–Crippen LogP) is 2.07.